The van der Waals surface area contributed by atoms with Gasteiger partial charge in [-0.15, -0.1) is 0 Å². The molecule has 1 aliphatic heterocycles. The SMILES string of the molecule is CCOc1ccc(C2c3c(oc4ccc(Br)cc4c3=O)C(=O)N2c2ccc(C)cn2)cc1OCC. The van der Waals surface area contributed by atoms with Gasteiger partial charge in [-0.05, 0) is 68.3 Å². The summed E-state index contributed by atoms with van der Waals surface area (Å²) >= 11 is 3.43. The Bertz CT molecular complexity index is 1500. The second kappa shape index (κ2) is 9.19. The lowest BCUT2D eigenvalue weighted by Gasteiger charge is -2.25. The third kappa shape index (κ3) is 3.97. The summed E-state index contributed by atoms with van der Waals surface area (Å²) in [6.45, 7) is 6.62. The minimum absolute atomic E-state index is 0.0176. The molecule has 0 bridgehead atoms. The molecule has 4 aromatic rings. The first-order valence-corrected chi connectivity index (χ1v) is 12.1. The number of carbonyl (C=O) groups excluding carboxylic acids is 1. The molecule has 35 heavy (non-hydrogen) atoms. The van der Waals surface area contributed by atoms with Gasteiger partial charge in [-0.2, -0.15) is 0 Å². The van der Waals surface area contributed by atoms with Crippen LogP contribution in [0.3, 0.4) is 0 Å². The van der Waals surface area contributed by atoms with E-state index in [0.29, 0.717) is 47.1 Å². The van der Waals surface area contributed by atoms with Crippen LogP contribution in [-0.2, 0) is 0 Å². The highest BCUT2D eigenvalue weighted by Crippen LogP contribution is 2.43. The zero-order valence-corrected chi connectivity index (χ0v) is 21.1. The maximum atomic E-state index is 13.8. The van der Waals surface area contributed by atoms with Gasteiger partial charge < -0.3 is 13.9 Å². The van der Waals surface area contributed by atoms with Gasteiger partial charge in [0.15, 0.2) is 16.9 Å². The molecular formula is C27H23BrN2O5. The number of hydrogen-bond donors (Lipinski definition) is 0. The van der Waals surface area contributed by atoms with Crippen LogP contribution in [0.4, 0.5) is 5.82 Å². The minimum Gasteiger partial charge on any atom is -0.490 e. The predicted molar refractivity (Wildman–Crippen MR) is 137 cm³/mol. The van der Waals surface area contributed by atoms with E-state index in [-0.39, 0.29) is 16.8 Å². The average Bonchev–Trinajstić information content (AvgIpc) is 3.14. The summed E-state index contributed by atoms with van der Waals surface area (Å²) in [5.74, 6) is 1.15. The Kier molecular flexibility index (Phi) is 6.06. The van der Waals surface area contributed by atoms with E-state index in [0.717, 1.165) is 10.0 Å². The standard InChI is InChI=1S/C27H23BrN2O5/c1-4-33-20-9-7-16(12-21(20)34-5-2)24-23-25(31)18-13-17(28)8-10-19(18)35-26(23)27(32)30(24)22-11-6-15(3)14-29-22/h6-14,24H,4-5H2,1-3H3. The molecule has 0 fully saturated rings. The van der Waals surface area contributed by atoms with Gasteiger partial charge in [-0.1, -0.05) is 28.1 Å². The lowest BCUT2D eigenvalue weighted by atomic mass is 9.98. The number of halogens is 1. The van der Waals surface area contributed by atoms with Crippen molar-refractivity contribution in [1.82, 2.24) is 4.98 Å². The van der Waals surface area contributed by atoms with Gasteiger partial charge in [-0.3, -0.25) is 14.5 Å². The van der Waals surface area contributed by atoms with Crippen LogP contribution >= 0.6 is 15.9 Å². The highest BCUT2D eigenvalue weighted by atomic mass is 79.9. The van der Waals surface area contributed by atoms with Crippen LogP contribution in [0.5, 0.6) is 11.5 Å². The zero-order valence-electron chi connectivity index (χ0n) is 19.5. The number of hydrogen-bond acceptors (Lipinski definition) is 6. The highest BCUT2D eigenvalue weighted by molar-refractivity contribution is 9.10. The number of anilines is 1. The van der Waals surface area contributed by atoms with Crippen molar-refractivity contribution in [3.05, 3.63) is 91.9 Å². The summed E-state index contributed by atoms with van der Waals surface area (Å²) in [4.78, 5) is 33.5. The molecule has 0 aliphatic carbocycles. The molecule has 2 aromatic carbocycles. The molecule has 0 saturated carbocycles. The van der Waals surface area contributed by atoms with Crippen LogP contribution < -0.4 is 19.8 Å². The Morgan fingerprint density at radius 2 is 1.77 bits per heavy atom. The molecule has 8 heteroatoms. The van der Waals surface area contributed by atoms with Gasteiger partial charge in [0, 0.05) is 10.7 Å². The number of fused-ring (bicyclic) bond motifs is 2. The first kappa shape index (κ1) is 23.1. The van der Waals surface area contributed by atoms with Crippen molar-refractivity contribution in [3.63, 3.8) is 0 Å². The van der Waals surface area contributed by atoms with Crippen molar-refractivity contribution in [2.45, 2.75) is 26.8 Å². The number of ether oxygens (including phenoxy) is 2. The van der Waals surface area contributed by atoms with E-state index in [2.05, 4.69) is 20.9 Å². The van der Waals surface area contributed by atoms with Crippen molar-refractivity contribution in [3.8, 4) is 11.5 Å². The summed E-state index contributed by atoms with van der Waals surface area (Å²) in [5.41, 5.74) is 2.01. The number of aryl methyl sites for hydroxylation is 1. The number of aromatic nitrogens is 1. The molecule has 7 nitrogen and oxygen atoms in total. The summed E-state index contributed by atoms with van der Waals surface area (Å²) in [6, 6.07) is 13.5. The zero-order chi connectivity index (χ0) is 24.7. The van der Waals surface area contributed by atoms with Crippen LogP contribution in [0.25, 0.3) is 11.0 Å². The second-order valence-electron chi connectivity index (χ2n) is 8.16. The molecule has 5 rings (SSSR count). The molecule has 1 amide bonds. The Morgan fingerprint density at radius 3 is 2.49 bits per heavy atom. The van der Waals surface area contributed by atoms with Gasteiger partial charge >= 0.3 is 0 Å². The maximum Gasteiger partial charge on any atom is 0.296 e. The lowest BCUT2D eigenvalue weighted by Crippen LogP contribution is -2.30. The van der Waals surface area contributed by atoms with E-state index in [1.54, 1.807) is 36.5 Å². The fourth-order valence-electron chi connectivity index (χ4n) is 4.34. The Labute approximate surface area is 210 Å². The molecule has 178 valence electrons. The predicted octanol–water partition coefficient (Wildman–Crippen LogP) is 5.81. The van der Waals surface area contributed by atoms with Crippen LogP contribution in [-0.4, -0.2) is 24.1 Å². The van der Waals surface area contributed by atoms with Crippen molar-refractivity contribution < 1.29 is 18.7 Å². The van der Waals surface area contributed by atoms with Crippen molar-refractivity contribution in [1.29, 1.82) is 0 Å². The Hall–Kier alpha value is -3.65. The second-order valence-corrected chi connectivity index (χ2v) is 9.07. The fraction of sp³-hybridized carbons (Fsp3) is 0.222. The largest absolute Gasteiger partial charge is 0.490 e. The number of nitrogens with zero attached hydrogens (tertiary/aromatic N) is 2. The number of pyridine rings is 1. The van der Waals surface area contributed by atoms with Gasteiger partial charge in [0.05, 0.1) is 30.2 Å². The molecule has 3 heterocycles. The van der Waals surface area contributed by atoms with Gasteiger partial charge in [0.2, 0.25) is 5.76 Å². The monoisotopic (exact) mass is 534 g/mol. The number of rotatable bonds is 6. The smallest absolute Gasteiger partial charge is 0.296 e. The molecule has 0 N–H and O–H groups in total. The molecule has 2 aromatic heterocycles. The van der Waals surface area contributed by atoms with Crippen molar-refractivity contribution in [2.75, 3.05) is 18.1 Å². The topological polar surface area (TPSA) is 81.9 Å². The van der Waals surface area contributed by atoms with E-state index in [4.69, 9.17) is 13.9 Å². The van der Waals surface area contributed by atoms with E-state index in [1.165, 1.54) is 4.90 Å². The quantitative estimate of drug-likeness (QED) is 0.310. The number of benzene rings is 2. The molecule has 0 spiro atoms. The van der Waals surface area contributed by atoms with Gasteiger partial charge in [-0.25, -0.2) is 4.98 Å². The van der Waals surface area contributed by atoms with Crippen LogP contribution in [0, 0.1) is 6.92 Å². The van der Waals surface area contributed by atoms with Gasteiger partial charge in [0.1, 0.15) is 11.4 Å². The van der Waals surface area contributed by atoms with Crippen molar-refractivity contribution in [2.24, 2.45) is 0 Å². The van der Waals surface area contributed by atoms with Crippen LogP contribution in [0.2, 0.25) is 0 Å². The third-order valence-electron chi connectivity index (χ3n) is 5.86. The fourth-order valence-corrected chi connectivity index (χ4v) is 4.70. The number of amides is 1. The highest BCUT2D eigenvalue weighted by Gasteiger charge is 2.44. The lowest BCUT2D eigenvalue weighted by molar-refractivity contribution is 0.0970. The molecule has 0 saturated heterocycles. The third-order valence-corrected chi connectivity index (χ3v) is 6.35. The normalized spacial score (nSPS) is 14.9. The summed E-state index contributed by atoms with van der Waals surface area (Å²) < 4.78 is 18.3. The average molecular weight is 535 g/mol. The summed E-state index contributed by atoms with van der Waals surface area (Å²) in [6.07, 6.45) is 1.69. The van der Waals surface area contributed by atoms with E-state index in [9.17, 15) is 9.59 Å². The summed E-state index contributed by atoms with van der Waals surface area (Å²) in [7, 11) is 0. The van der Waals surface area contributed by atoms with E-state index < -0.39 is 11.9 Å². The van der Waals surface area contributed by atoms with E-state index >= 15 is 0 Å². The maximum absolute atomic E-state index is 13.8. The van der Waals surface area contributed by atoms with Crippen LogP contribution in [0.15, 0.2) is 68.4 Å². The minimum atomic E-state index is -0.748. The van der Waals surface area contributed by atoms with Crippen molar-refractivity contribution >= 4 is 38.6 Å². The molecule has 1 atom stereocenters. The first-order valence-electron chi connectivity index (χ1n) is 11.3. The van der Waals surface area contributed by atoms with E-state index in [1.807, 2.05) is 39.0 Å². The van der Waals surface area contributed by atoms with Crippen LogP contribution in [0.1, 0.15) is 47.1 Å². The van der Waals surface area contributed by atoms with Gasteiger partial charge in [0.25, 0.3) is 5.91 Å². The Morgan fingerprint density at radius 1 is 1.00 bits per heavy atom. The number of carbonyl (C=O) groups is 1. The first-order chi connectivity index (χ1) is 16.9. The summed E-state index contributed by atoms with van der Waals surface area (Å²) in [5, 5.41) is 0.394. The molecular weight excluding hydrogens is 512 g/mol. The Balaban J connectivity index is 1.78. The molecule has 0 radical (unpaired) electrons. The molecule has 1 aliphatic rings. The molecule has 1 unspecified atom stereocenters.